The first-order valence-electron chi connectivity index (χ1n) is 5.90. The summed E-state index contributed by atoms with van der Waals surface area (Å²) in [4.78, 5) is 0. The van der Waals surface area contributed by atoms with E-state index in [0.29, 0.717) is 5.92 Å². The molecule has 0 saturated carbocycles. The van der Waals surface area contributed by atoms with Gasteiger partial charge in [-0.2, -0.15) is 11.3 Å². The van der Waals surface area contributed by atoms with Crippen LogP contribution in [0.25, 0.3) is 0 Å². The van der Waals surface area contributed by atoms with Crippen LogP contribution >= 0.6 is 22.9 Å². The van der Waals surface area contributed by atoms with Gasteiger partial charge in [0.05, 0.1) is 0 Å². The molecule has 90 valence electrons. The third-order valence-electron chi connectivity index (χ3n) is 2.93. The number of halogens is 1. The second-order valence-corrected chi connectivity index (χ2v) is 5.64. The van der Waals surface area contributed by atoms with E-state index in [2.05, 4.69) is 48.0 Å². The van der Waals surface area contributed by atoms with Gasteiger partial charge in [0.25, 0.3) is 0 Å². The Bertz CT molecular complexity index is 448. The molecule has 2 aromatic rings. The molecule has 0 N–H and O–H groups in total. The number of aryl methyl sites for hydroxylation is 1. The number of rotatable bonds is 5. The van der Waals surface area contributed by atoms with Crippen LogP contribution in [0.4, 0.5) is 0 Å². The van der Waals surface area contributed by atoms with Gasteiger partial charge in [-0.05, 0) is 53.6 Å². The van der Waals surface area contributed by atoms with Gasteiger partial charge in [0.2, 0.25) is 0 Å². The van der Waals surface area contributed by atoms with E-state index < -0.39 is 0 Å². The quantitative estimate of drug-likeness (QED) is 0.687. The summed E-state index contributed by atoms with van der Waals surface area (Å²) in [6.45, 7) is 2.14. The van der Waals surface area contributed by atoms with Crippen LogP contribution in [0.1, 0.15) is 16.7 Å². The van der Waals surface area contributed by atoms with Gasteiger partial charge in [0.15, 0.2) is 0 Å². The van der Waals surface area contributed by atoms with Crippen LogP contribution in [0, 0.1) is 12.8 Å². The largest absolute Gasteiger partial charge is 0.152 e. The third kappa shape index (κ3) is 3.86. The zero-order chi connectivity index (χ0) is 12.1. The monoisotopic (exact) mass is 264 g/mol. The molecule has 0 bridgehead atoms. The average Bonchev–Trinajstić information content (AvgIpc) is 2.81. The highest BCUT2D eigenvalue weighted by molar-refractivity contribution is 7.07. The summed E-state index contributed by atoms with van der Waals surface area (Å²) in [6.07, 6.45) is 2.15. The lowest BCUT2D eigenvalue weighted by Gasteiger charge is -2.13. The zero-order valence-electron chi connectivity index (χ0n) is 10.0. The minimum absolute atomic E-state index is 0.535. The summed E-state index contributed by atoms with van der Waals surface area (Å²) in [5, 5.41) is 4.35. The summed E-state index contributed by atoms with van der Waals surface area (Å²) in [5.41, 5.74) is 4.13. The second-order valence-electron chi connectivity index (χ2n) is 4.55. The van der Waals surface area contributed by atoms with Gasteiger partial charge in [-0.1, -0.05) is 29.8 Å². The minimum atomic E-state index is 0.535. The first-order valence-corrected chi connectivity index (χ1v) is 7.38. The van der Waals surface area contributed by atoms with E-state index in [4.69, 9.17) is 11.6 Å². The highest BCUT2D eigenvalue weighted by Crippen LogP contribution is 2.18. The molecule has 0 aliphatic heterocycles. The highest BCUT2D eigenvalue weighted by atomic mass is 35.5. The molecule has 17 heavy (non-hydrogen) atoms. The molecule has 0 aliphatic carbocycles. The normalized spacial score (nSPS) is 12.6. The van der Waals surface area contributed by atoms with Gasteiger partial charge in [-0.15, -0.1) is 11.6 Å². The van der Waals surface area contributed by atoms with Crippen molar-refractivity contribution < 1.29 is 0 Å². The maximum absolute atomic E-state index is 6.08. The molecule has 2 rings (SSSR count). The van der Waals surface area contributed by atoms with E-state index in [1.54, 1.807) is 11.3 Å². The molecule has 0 nitrogen and oxygen atoms in total. The summed E-state index contributed by atoms with van der Waals surface area (Å²) in [5.74, 6) is 1.26. The predicted molar refractivity (Wildman–Crippen MR) is 77.1 cm³/mol. The van der Waals surface area contributed by atoms with E-state index in [0.717, 1.165) is 18.7 Å². The molecule has 0 radical (unpaired) electrons. The van der Waals surface area contributed by atoms with Crippen molar-refractivity contribution in [3.05, 3.63) is 57.8 Å². The van der Waals surface area contributed by atoms with Gasteiger partial charge in [0.1, 0.15) is 0 Å². The molecule has 0 fully saturated rings. The van der Waals surface area contributed by atoms with Crippen molar-refractivity contribution in [2.75, 3.05) is 5.88 Å². The van der Waals surface area contributed by atoms with E-state index in [-0.39, 0.29) is 0 Å². The molecule has 0 aliphatic rings. The van der Waals surface area contributed by atoms with Crippen LogP contribution in [-0.2, 0) is 12.8 Å². The van der Waals surface area contributed by atoms with Crippen LogP contribution in [0.2, 0.25) is 0 Å². The average molecular weight is 265 g/mol. The van der Waals surface area contributed by atoms with Gasteiger partial charge >= 0.3 is 0 Å². The van der Waals surface area contributed by atoms with Crippen molar-refractivity contribution >= 4 is 22.9 Å². The maximum Gasteiger partial charge on any atom is 0.0258 e. The number of thiophene rings is 1. The zero-order valence-corrected chi connectivity index (χ0v) is 11.6. The van der Waals surface area contributed by atoms with Crippen molar-refractivity contribution in [1.82, 2.24) is 0 Å². The second kappa shape index (κ2) is 6.23. The fraction of sp³-hybridized carbons (Fsp3) is 0.333. The molecule has 0 amide bonds. The van der Waals surface area contributed by atoms with E-state index >= 15 is 0 Å². The molecular weight excluding hydrogens is 248 g/mol. The predicted octanol–water partition coefficient (Wildman–Crippen LogP) is 4.70. The van der Waals surface area contributed by atoms with Crippen molar-refractivity contribution in [3.8, 4) is 0 Å². The lowest BCUT2D eigenvalue weighted by atomic mass is 9.94. The Morgan fingerprint density at radius 2 is 2.00 bits per heavy atom. The molecule has 1 aromatic carbocycles. The molecule has 2 heteroatoms. The molecule has 1 aromatic heterocycles. The Hall–Kier alpha value is -0.790. The number of hydrogen-bond acceptors (Lipinski definition) is 1. The van der Waals surface area contributed by atoms with Crippen LogP contribution in [0.5, 0.6) is 0 Å². The number of benzene rings is 1. The van der Waals surface area contributed by atoms with Gasteiger partial charge in [-0.25, -0.2) is 0 Å². The molecule has 0 saturated heterocycles. The standard InChI is InChI=1S/C15H17ClS/c1-12-3-2-4-13(7-12)8-15(10-16)9-14-5-6-17-11-14/h2-7,11,15H,8-10H2,1H3. The van der Waals surface area contributed by atoms with Crippen LogP contribution in [0.15, 0.2) is 41.1 Å². The Balaban J connectivity index is 2.00. The Kier molecular flexibility index (Phi) is 4.64. The van der Waals surface area contributed by atoms with E-state index in [1.165, 1.54) is 16.7 Å². The Labute approximate surface area is 112 Å². The number of hydrogen-bond donors (Lipinski definition) is 0. The summed E-state index contributed by atoms with van der Waals surface area (Å²) >= 11 is 7.84. The van der Waals surface area contributed by atoms with Gasteiger partial charge < -0.3 is 0 Å². The van der Waals surface area contributed by atoms with Gasteiger partial charge in [-0.3, -0.25) is 0 Å². The molecular formula is C15H17ClS. The van der Waals surface area contributed by atoms with Crippen molar-refractivity contribution in [1.29, 1.82) is 0 Å². The van der Waals surface area contributed by atoms with Crippen LogP contribution in [-0.4, -0.2) is 5.88 Å². The van der Waals surface area contributed by atoms with E-state index in [9.17, 15) is 0 Å². The minimum Gasteiger partial charge on any atom is -0.152 e. The highest BCUT2D eigenvalue weighted by Gasteiger charge is 2.10. The SMILES string of the molecule is Cc1cccc(CC(CCl)Cc2ccsc2)c1. The summed E-state index contributed by atoms with van der Waals surface area (Å²) in [7, 11) is 0. The molecule has 1 heterocycles. The first-order chi connectivity index (χ1) is 8.28. The fourth-order valence-electron chi connectivity index (χ4n) is 2.10. The third-order valence-corrected chi connectivity index (χ3v) is 4.10. The van der Waals surface area contributed by atoms with Crippen molar-refractivity contribution in [2.45, 2.75) is 19.8 Å². The van der Waals surface area contributed by atoms with Crippen LogP contribution < -0.4 is 0 Å². The van der Waals surface area contributed by atoms with Gasteiger partial charge in [0, 0.05) is 5.88 Å². The van der Waals surface area contributed by atoms with Crippen molar-refractivity contribution in [3.63, 3.8) is 0 Å². The number of alkyl halides is 1. The topological polar surface area (TPSA) is 0 Å². The van der Waals surface area contributed by atoms with E-state index in [1.807, 2.05) is 0 Å². The lowest BCUT2D eigenvalue weighted by molar-refractivity contribution is 0.585. The smallest absolute Gasteiger partial charge is 0.0258 e. The van der Waals surface area contributed by atoms with Crippen molar-refractivity contribution in [2.24, 2.45) is 5.92 Å². The lowest BCUT2D eigenvalue weighted by Crippen LogP contribution is -2.09. The Morgan fingerprint density at radius 3 is 2.65 bits per heavy atom. The van der Waals surface area contributed by atoms with Crippen LogP contribution in [0.3, 0.4) is 0 Å². The maximum atomic E-state index is 6.08. The summed E-state index contributed by atoms with van der Waals surface area (Å²) < 4.78 is 0. The summed E-state index contributed by atoms with van der Waals surface area (Å²) in [6, 6.07) is 10.9. The first kappa shape index (κ1) is 12.7. The molecule has 1 unspecified atom stereocenters. The fourth-order valence-corrected chi connectivity index (χ4v) is 3.00. The Morgan fingerprint density at radius 1 is 1.18 bits per heavy atom. The molecule has 1 atom stereocenters. The molecule has 0 spiro atoms.